The van der Waals surface area contributed by atoms with Crippen molar-refractivity contribution in [1.82, 2.24) is 9.44 Å². The molecule has 0 spiro atoms. The zero-order chi connectivity index (χ0) is 54.8. The maximum Gasteiger partial charge on any atom is 0.435 e. The molecule has 0 radical (unpaired) electrons. The van der Waals surface area contributed by atoms with Gasteiger partial charge in [0.2, 0.25) is 10.0 Å². The summed E-state index contributed by atoms with van der Waals surface area (Å²) in [7, 11) is -3.99. The number of amides is 2. The van der Waals surface area contributed by atoms with Crippen LogP contribution in [-0.4, -0.2) is 70.2 Å². The highest BCUT2D eigenvalue weighted by molar-refractivity contribution is 7.97. The van der Waals surface area contributed by atoms with Gasteiger partial charge in [0.1, 0.15) is 0 Å². The summed E-state index contributed by atoms with van der Waals surface area (Å²) in [6.45, 7) is 14.0. The summed E-state index contributed by atoms with van der Waals surface area (Å²) < 4.78 is 118. The molecule has 4 aliphatic heterocycles. The lowest BCUT2D eigenvalue weighted by molar-refractivity contribution is -0.115. The minimum Gasteiger partial charge on any atom is -0.344 e. The molecule has 12 nitrogen and oxygen atoms in total. The van der Waals surface area contributed by atoms with Crippen LogP contribution in [0.15, 0.2) is 164 Å². The molecule has 0 aromatic heterocycles. The molecule has 0 aliphatic carbocycles. The average molecular weight is 1090 g/mol. The molecule has 4 heterocycles. The van der Waals surface area contributed by atoms with E-state index < -0.39 is 67.6 Å². The Morgan fingerprint density at radius 3 is 1.43 bits per heavy atom. The van der Waals surface area contributed by atoms with Crippen LogP contribution in [-0.2, 0) is 30.4 Å². The number of nitrogens with one attached hydrogen (secondary N) is 2. The molecule has 0 atom stereocenters. The first kappa shape index (κ1) is 55.7. The summed E-state index contributed by atoms with van der Waals surface area (Å²) in [5.74, 6) is -1.88. The number of unbranched alkanes of at least 4 members (excludes halogenated alkanes) is 3. The van der Waals surface area contributed by atoms with Gasteiger partial charge in [0, 0.05) is 64.7 Å². The largest absolute Gasteiger partial charge is 0.435 e. The van der Waals surface area contributed by atoms with Crippen LogP contribution in [0.1, 0.15) is 91.2 Å². The van der Waals surface area contributed by atoms with Crippen molar-refractivity contribution < 1.29 is 44.3 Å². The van der Waals surface area contributed by atoms with E-state index in [0.29, 0.717) is 37.5 Å². The van der Waals surface area contributed by atoms with Gasteiger partial charge < -0.3 is 9.80 Å². The van der Waals surface area contributed by atoms with Gasteiger partial charge in [-0.15, -0.1) is 0 Å². The number of carbonyl (C=O) groups is 2. The van der Waals surface area contributed by atoms with E-state index in [-0.39, 0.29) is 22.8 Å². The van der Waals surface area contributed by atoms with Crippen LogP contribution >= 0.6 is 11.9 Å². The zero-order valence-corrected chi connectivity index (χ0v) is 44.7. The Hall–Kier alpha value is -6.48. The molecule has 20 heteroatoms. The highest BCUT2D eigenvalue weighted by atomic mass is 32.2. The van der Waals surface area contributed by atoms with Crippen molar-refractivity contribution in [2.24, 2.45) is 10.2 Å². The highest BCUT2D eigenvalue weighted by Crippen LogP contribution is 2.49. The van der Waals surface area contributed by atoms with Crippen LogP contribution in [0.5, 0.6) is 0 Å². The lowest BCUT2D eigenvalue weighted by Gasteiger charge is -2.26. The molecule has 0 bridgehead atoms. The molecular weight excluding hydrogens is 1030 g/mol. The Labute approximate surface area is 444 Å². The topological polar surface area (TPSA) is 130 Å². The molecule has 402 valence electrons. The number of sulfonamides is 1. The lowest BCUT2D eigenvalue weighted by Crippen LogP contribution is -2.28. The zero-order valence-electron chi connectivity index (χ0n) is 43.0. The summed E-state index contributed by atoms with van der Waals surface area (Å²) in [5.41, 5.74) is 0.856. The summed E-state index contributed by atoms with van der Waals surface area (Å²) in [6, 6.07) is 27.0. The quantitative estimate of drug-likeness (QED) is 0.0411. The number of halogens is 6. The standard InChI is InChI=1S/C56H60F6N8O4S2/c1-7-35-67-45-19-13-11-17-43(45)53(3,4)47(67)31-29-41-49(55(57,58)59)65-69(51(41)71)37-21-25-39(26-22-37)75-63-33-15-9-10-16-34-64-76(73,74)40-27-23-38(24-28-40)70-52(72)42(50(66-70)56(60,61)62)30-32-48-54(5,6)44-18-12-14-20-46(44)68(48)36-8-2/h11-14,17-32,63-64H,7-10,15-16,33-36H2,1-6H3/b41-29-,42-30+,47-31+,48-32+. The van der Waals surface area contributed by atoms with Crippen molar-refractivity contribution in [2.75, 3.05) is 46.0 Å². The first-order valence-corrected chi connectivity index (χ1v) is 27.5. The van der Waals surface area contributed by atoms with Crippen molar-refractivity contribution >= 4 is 68.0 Å². The molecule has 4 aromatic carbocycles. The molecule has 8 rings (SSSR count). The summed E-state index contributed by atoms with van der Waals surface area (Å²) in [4.78, 5) is 32.0. The summed E-state index contributed by atoms with van der Waals surface area (Å²) in [5, 5.41) is 8.84. The van der Waals surface area contributed by atoms with Crippen molar-refractivity contribution in [3.8, 4) is 0 Å². The van der Waals surface area contributed by atoms with Gasteiger partial charge in [-0.3, -0.25) is 14.3 Å². The maximum absolute atomic E-state index is 14.4. The number of allylic oxidation sites excluding steroid dienone is 6. The van der Waals surface area contributed by atoms with Gasteiger partial charge in [0.25, 0.3) is 11.8 Å². The number of hydrazone groups is 2. The number of fused-ring (bicyclic) bond motifs is 2. The Morgan fingerprint density at radius 2 is 1.00 bits per heavy atom. The van der Waals surface area contributed by atoms with Crippen molar-refractivity contribution in [3.63, 3.8) is 0 Å². The van der Waals surface area contributed by atoms with Crippen molar-refractivity contribution in [3.05, 3.63) is 155 Å². The number of benzene rings is 4. The minimum absolute atomic E-state index is 0.0339. The molecular formula is C56H60F6N8O4S2. The van der Waals surface area contributed by atoms with Gasteiger partial charge in [0.05, 0.1) is 27.4 Å². The van der Waals surface area contributed by atoms with E-state index in [2.05, 4.69) is 29.4 Å². The Bertz CT molecular complexity index is 3160. The third kappa shape index (κ3) is 11.3. The third-order valence-corrected chi connectivity index (χ3v) is 16.1. The number of carbonyl (C=O) groups excluding carboxylic acids is 2. The van der Waals surface area contributed by atoms with Gasteiger partial charge in [0.15, 0.2) is 11.4 Å². The van der Waals surface area contributed by atoms with Gasteiger partial charge in [-0.05, 0) is 134 Å². The number of hydrogen-bond acceptors (Lipinski definition) is 10. The summed E-state index contributed by atoms with van der Waals surface area (Å²) >= 11 is 1.31. The predicted octanol–water partition coefficient (Wildman–Crippen LogP) is 12.4. The smallest absolute Gasteiger partial charge is 0.344 e. The monoisotopic (exact) mass is 1090 g/mol. The number of alkyl halides is 6. The third-order valence-electron chi connectivity index (χ3n) is 13.8. The van der Waals surface area contributed by atoms with E-state index in [1.54, 1.807) is 24.3 Å². The molecule has 2 N–H and O–H groups in total. The number of nitrogens with zero attached hydrogens (tertiary/aromatic N) is 6. The van der Waals surface area contributed by atoms with Crippen LogP contribution in [0, 0.1) is 0 Å². The fourth-order valence-corrected chi connectivity index (χ4v) is 11.7. The second kappa shape index (κ2) is 22.2. The van der Waals surface area contributed by atoms with Crippen molar-refractivity contribution in [1.29, 1.82) is 0 Å². The van der Waals surface area contributed by atoms with Crippen LogP contribution in [0.3, 0.4) is 0 Å². The molecule has 76 heavy (non-hydrogen) atoms. The molecule has 0 fully saturated rings. The first-order valence-electron chi connectivity index (χ1n) is 25.2. The molecule has 4 aliphatic rings. The Balaban J connectivity index is 0.795. The van der Waals surface area contributed by atoms with E-state index in [0.717, 1.165) is 69.5 Å². The fraction of sp³-hybridized carbons (Fsp3) is 0.357. The summed E-state index contributed by atoms with van der Waals surface area (Å²) in [6.07, 6.45) is 0.0961. The Kier molecular flexibility index (Phi) is 16.3. The van der Waals surface area contributed by atoms with Crippen LogP contribution < -0.4 is 29.3 Å². The number of para-hydroxylation sites is 2. The highest BCUT2D eigenvalue weighted by Gasteiger charge is 2.49. The fourth-order valence-electron chi connectivity index (χ4n) is 9.96. The Morgan fingerprint density at radius 1 is 0.579 bits per heavy atom. The SMILES string of the molecule is CCCN1/C(=C/C=C2\C(=O)N(c3ccc(SNCCCCCCNS(=O)(=O)c4ccc(N5N=C(C(F)(F)F)/C(=C\C=C6\N(CCC)c7ccccc7C6(C)C)C5=O)cc4)cc3)N=C2C(F)(F)F)C(C)(C)c2ccccc21. The molecule has 0 saturated carbocycles. The number of anilines is 4. The van der Waals surface area contributed by atoms with Crippen LogP contribution in [0.25, 0.3) is 0 Å². The molecule has 2 amide bonds. The second-order valence-electron chi connectivity index (χ2n) is 19.8. The molecule has 4 aromatic rings. The average Bonchev–Trinajstić information content (AvgIpc) is 4.07. The first-order chi connectivity index (χ1) is 36.0. The van der Waals surface area contributed by atoms with E-state index in [4.69, 9.17) is 0 Å². The molecule has 0 unspecified atom stereocenters. The van der Waals surface area contributed by atoms with Crippen LogP contribution in [0.2, 0.25) is 0 Å². The number of rotatable bonds is 19. The minimum atomic E-state index is -4.95. The molecule has 0 saturated heterocycles. The van der Waals surface area contributed by atoms with Gasteiger partial charge in [-0.1, -0.05) is 90.8 Å². The van der Waals surface area contributed by atoms with Gasteiger partial charge in [-0.2, -0.15) is 46.6 Å². The second-order valence-corrected chi connectivity index (χ2v) is 22.5. The predicted molar refractivity (Wildman–Crippen MR) is 289 cm³/mol. The maximum atomic E-state index is 14.4. The van der Waals surface area contributed by atoms with E-state index in [9.17, 15) is 44.3 Å². The van der Waals surface area contributed by atoms with E-state index in [1.165, 1.54) is 60.5 Å². The van der Waals surface area contributed by atoms with Gasteiger partial charge in [-0.25, -0.2) is 13.1 Å². The van der Waals surface area contributed by atoms with Crippen molar-refractivity contribution in [2.45, 2.75) is 113 Å². The lowest BCUT2D eigenvalue weighted by atomic mass is 9.83. The van der Waals surface area contributed by atoms with Crippen LogP contribution in [0.4, 0.5) is 49.1 Å². The van der Waals surface area contributed by atoms with E-state index in [1.807, 2.05) is 90.1 Å². The number of hydrogen-bond donors (Lipinski definition) is 2. The normalized spacial score (nSPS) is 19.5. The van der Waals surface area contributed by atoms with Gasteiger partial charge >= 0.3 is 12.4 Å². The van der Waals surface area contributed by atoms with E-state index >= 15 is 0 Å².